The molecule has 0 bridgehead atoms. The second kappa shape index (κ2) is 14.3. The molecule has 3 amide bonds. The smallest absolute Gasteiger partial charge is 0.242 e. The molecule has 1 aromatic carbocycles. The molecule has 39 heavy (non-hydrogen) atoms. The first-order valence-corrected chi connectivity index (χ1v) is 15.4. The Morgan fingerprint density at radius 2 is 1.26 bits per heavy atom. The summed E-state index contributed by atoms with van der Waals surface area (Å²) < 4.78 is 0. The molecule has 2 saturated carbocycles. The molecular formula is C33H53N3O3. The normalized spacial score (nSPS) is 28.9. The summed E-state index contributed by atoms with van der Waals surface area (Å²) in [6.45, 7) is 15.3. The predicted octanol–water partition coefficient (Wildman–Crippen LogP) is 5.88. The summed E-state index contributed by atoms with van der Waals surface area (Å²) in [7, 11) is 0. The molecule has 0 aliphatic heterocycles. The van der Waals surface area contributed by atoms with Crippen molar-refractivity contribution in [1.29, 1.82) is 0 Å². The maximum absolute atomic E-state index is 13.4. The van der Waals surface area contributed by atoms with E-state index in [1.807, 2.05) is 30.3 Å². The largest absolute Gasteiger partial charge is 0.353 e. The van der Waals surface area contributed by atoms with Crippen molar-refractivity contribution in [3.05, 3.63) is 35.9 Å². The Kier molecular flexibility index (Phi) is 11.4. The minimum Gasteiger partial charge on any atom is -0.353 e. The van der Waals surface area contributed by atoms with Gasteiger partial charge in [0, 0.05) is 18.4 Å². The molecule has 3 rings (SSSR count). The third kappa shape index (κ3) is 8.56. The number of hydrogen-bond acceptors (Lipinski definition) is 3. The van der Waals surface area contributed by atoms with E-state index in [0.29, 0.717) is 42.1 Å². The second-order valence-electron chi connectivity index (χ2n) is 13.3. The quantitative estimate of drug-likeness (QED) is 0.347. The molecule has 2 aliphatic carbocycles. The van der Waals surface area contributed by atoms with Gasteiger partial charge in [0.2, 0.25) is 17.7 Å². The SMILES string of the molecule is CC(C)C1CC[C@@H](C)C[C@H]1C(=O)N[C@H](C)C(=O)N[C@H](CNC(=O)[C@@H]1C[C@H](C)CC[C@H]1C(C)C)c1ccccc1. The fraction of sp³-hybridized carbons (Fsp3) is 0.727. The number of hydrogen-bond donors (Lipinski definition) is 3. The first-order chi connectivity index (χ1) is 18.5. The summed E-state index contributed by atoms with van der Waals surface area (Å²) in [5.74, 6) is 2.49. The van der Waals surface area contributed by atoms with Gasteiger partial charge >= 0.3 is 0 Å². The second-order valence-corrected chi connectivity index (χ2v) is 13.3. The van der Waals surface area contributed by atoms with Crippen molar-refractivity contribution in [2.75, 3.05) is 6.54 Å². The summed E-state index contributed by atoms with van der Waals surface area (Å²) in [5, 5.41) is 9.30. The highest BCUT2D eigenvalue weighted by Gasteiger charge is 2.37. The summed E-state index contributed by atoms with van der Waals surface area (Å²) in [6, 6.07) is 8.72. The number of carbonyl (C=O) groups excluding carboxylic acids is 3. The standard InChI is InChI=1S/C33H53N3O3/c1-20(2)26-15-13-22(5)17-28(26)32(38)34-19-30(25-11-9-8-10-12-25)36-31(37)24(7)35-33(39)29-18-23(6)14-16-27(29)21(3)4/h8-12,20-24,26-30H,13-19H2,1-7H3,(H,34,38)(H,35,39)(H,36,37)/t22-,23-,24-,26+,27?,28-,29-,30-/m1/s1. The Morgan fingerprint density at radius 1 is 0.744 bits per heavy atom. The van der Waals surface area contributed by atoms with Gasteiger partial charge in [0.1, 0.15) is 6.04 Å². The number of amides is 3. The molecule has 0 spiro atoms. The average molecular weight is 540 g/mol. The molecule has 0 radical (unpaired) electrons. The van der Waals surface area contributed by atoms with Crippen LogP contribution in [0.2, 0.25) is 0 Å². The van der Waals surface area contributed by atoms with E-state index in [-0.39, 0.29) is 35.6 Å². The van der Waals surface area contributed by atoms with Crippen molar-refractivity contribution in [1.82, 2.24) is 16.0 Å². The van der Waals surface area contributed by atoms with Gasteiger partial charge in [-0.1, -0.05) is 84.7 Å². The number of rotatable bonds is 10. The molecule has 3 N–H and O–H groups in total. The van der Waals surface area contributed by atoms with Crippen LogP contribution >= 0.6 is 0 Å². The molecule has 8 atom stereocenters. The van der Waals surface area contributed by atoms with E-state index in [1.54, 1.807) is 6.92 Å². The zero-order valence-electron chi connectivity index (χ0n) is 25.3. The van der Waals surface area contributed by atoms with Crippen LogP contribution in [0.25, 0.3) is 0 Å². The number of carbonyl (C=O) groups is 3. The minimum absolute atomic E-state index is 0.00544. The van der Waals surface area contributed by atoms with E-state index >= 15 is 0 Å². The highest BCUT2D eigenvalue weighted by atomic mass is 16.2. The molecule has 0 aromatic heterocycles. The van der Waals surface area contributed by atoms with E-state index in [1.165, 1.54) is 6.42 Å². The van der Waals surface area contributed by atoms with Gasteiger partial charge in [-0.2, -0.15) is 0 Å². The van der Waals surface area contributed by atoms with Crippen LogP contribution in [0.4, 0.5) is 0 Å². The Morgan fingerprint density at radius 3 is 1.77 bits per heavy atom. The van der Waals surface area contributed by atoms with E-state index in [9.17, 15) is 14.4 Å². The molecule has 6 nitrogen and oxygen atoms in total. The summed E-state index contributed by atoms with van der Waals surface area (Å²) >= 11 is 0. The first-order valence-electron chi connectivity index (χ1n) is 15.4. The summed E-state index contributed by atoms with van der Waals surface area (Å²) in [6.07, 6.45) is 6.27. The van der Waals surface area contributed by atoms with Crippen LogP contribution in [0.15, 0.2) is 30.3 Å². The van der Waals surface area contributed by atoms with Gasteiger partial charge in [-0.25, -0.2) is 0 Å². The van der Waals surface area contributed by atoms with Crippen LogP contribution < -0.4 is 16.0 Å². The molecule has 0 saturated heterocycles. The van der Waals surface area contributed by atoms with Crippen LogP contribution in [0.3, 0.4) is 0 Å². The van der Waals surface area contributed by atoms with Crippen molar-refractivity contribution in [2.45, 2.75) is 99.1 Å². The molecule has 0 heterocycles. The first kappa shape index (κ1) is 31.2. The monoisotopic (exact) mass is 539 g/mol. The van der Waals surface area contributed by atoms with Crippen molar-refractivity contribution in [2.24, 2.45) is 47.3 Å². The average Bonchev–Trinajstić information content (AvgIpc) is 2.90. The molecule has 218 valence electrons. The fourth-order valence-corrected chi connectivity index (χ4v) is 6.96. The van der Waals surface area contributed by atoms with Crippen molar-refractivity contribution >= 4 is 17.7 Å². The van der Waals surface area contributed by atoms with Crippen molar-refractivity contribution in [3.63, 3.8) is 0 Å². The highest BCUT2D eigenvalue weighted by molar-refractivity contribution is 5.88. The fourth-order valence-electron chi connectivity index (χ4n) is 6.96. The van der Waals surface area contributed by atoms with Gasteiger partial charge in [0.25, 0.3) is 0 Å². The molecule has 6 heteroatoms. The third-order valence-corrected chi connectivity index (χ3v) is 9.47. The molecule has 1 unspecified atom stereocenters. The van der Waals surface area contributed by atoms with Gasteiger partial charge in [0.15, 0.2) is 0 Å². The minimum atomic E-state index is -0.658. The maximum Gasteiger partial charge on any atom is 0.242 e. The third-order valence-electron chi connectivity index (χ3n) is 9.47. The Labute approximate surface area is 236 Å². The lowest BCUT2D eigenvalue weighted by Crippen LogP contribution is -2.51. The summed E-state index contributed by atoms with van der Waals surface area (Å²) in [5.41, 5.74) is 0.933. The van der Waals surface area contributed by atoms with E-state index < -0.39 is 6.04 Å². The van der Waals surface area contributed by atoms with Crippen LogP contribution in [0.5, 0.6) is 0 Å². The topological polar surface area (TPSA) is 87.3 Å². The van der Waals surface area contributed by atoms with Crippen molar-refractivity contribution in [3.8, 4) is 0 Å². The molecule has 2 fully saturated rings. The van der Waals surface area contributed by atoms with Crippen LogP contribution in [0, 0.1) is 47.3 Å². The lowest BCUT2D eigenvalue weighted by molar-refractivity contribution is -0.134. The van der Waals surface area contributed by atoms with Crippen LogP contribution in [0.1, 0.15) is 98.6 Å². The van der Waals surface area contributed by atoms with Gasteiger partial charge < -0.3 is 16.0 Å². The Hall–Kier alpha value is -2.37. The Balaban J connectivity index is 1.65. The van der Waals surface area contributed by atoms with Gasteiger partial charge in [-0.05, 0) is 73.7 Å². The van der Waals surface area contributed by atoms with Gasteiger partial charge in [-0.3, -0.25) is 14.4 Å². The molecule has 1 aromatic rings. The highest BCUT2D eigenvalue weighted by Crippen LogP contribution is 2.39. The van der Waals surface area contributed by atoms with Crippen molar-refractivity contribution < 1.29 is 14.4 Å². The zero-order valence-corrected chi connectivity index (χ0v) is 25.3. The maximum atomic E-state index is 13.4. The lowest BCUT2D eigenvalue weighted by Gasteiger charge is -2.37. The van der Waals surface area contributed by atoms with E-state index in [0.717, 1.165) is 37.7 Å². The Bertz CT molecular complexity index is 947. The lowest BCUT2D eigenvalue weighted by atomic mass is 9.69. The summed E-state index contributed by atoms with van der Waals surface area (Å²) in [4.78, 5) is 40.0. The zero-order chi connectivity index (χ0) is 28.7. The number of benzene rings is 1. The van der Waals surface area contributed by atoms with Gasteiger partial charge in [-0.15, -0.1) is 0 Å². The van der Waals surface area contributed by atoms with Gasteiger partial charge in [0.05, 0.1) is 6.04 Å². The molecular weight excluding hydrogens is 486 g/mol. The predicted molar refractivity (Wildman–Crippen MR) is 158 cm³/mol. The molecule has 2 aliphatic rings. The van der Waals surface area contributed by atoms with Crippen LogP contribution in [-0.4, -0.2) is 30.3 Å². The van der Waals surface area contributed by atoms with Crippen LogP contribution in [-0.2, 0) is 14.4 Å². The van der Waals surface area contributed by atoms with E-state index in [4.69, 9.17) is 0 Å². The number of nitrogens with one attached hydrogen (secondary N) is 3. The van der Waals surface area contributed by atoms with E-state index in [2.05, 4.69) is 57.5 Å².